The van der Waals surface area contributed by atoms with Crippen molar-refractivity contribution in [3.8, 4) is 0 Å². The van der Waals surface area contributed by atoms with Crippen LogP contribution in [0.2, 0.25) is 0 Å². The average molecular weight is 344 g/mol. The maximum Gasteiger partial charge on any atom is 0.123 e. The zero-order valence-electron chi connectivity index (χ0n) is 15.1. The van der Waals surface area contributed by atoms with Crippen LogP contribution in [-0.2, 0) is 13.0 Å². The summed E-state index contributed by atoms with van der Waals surface area (Å²) in [5.41, 5.74) is 2.28. The molecule has 1 aliphatic rings. The Morgan fingerprint density at radius 3 is 3.08 bits per heavy atom. The molecular weight excluding hydrogens is 315 g/mol. The number of halogens is 1. The second kappa shape index (κ2) is 9.11. The molecule has 4 nitrogen and oxygen atoms in total. The summed E-state index contributed by atoms with van der Waals surface area (Å²) >= 11 is 0. The third-order valence-corrected chi connectivity index (χ3v) is 5.12. The van der Waals surface area contributed by atoms with Gasteiger partial charge in [0, 0.05) is 38.1 Å². The highest BCUT2D eigenvalue weighted by molar-refractivity contribution is 5.16. The Hall–Kier alpha value is -1.72. The number of piperidine rings is 1. The summed E-state index contributed by atoms with van der Waals surface area (Å²) in [6.45, 7) is 8.68. The molecule has 0 radical (unpaired) electrons. The fraction of sp³-hybridized carbons (Fsp3) is 0.550. The number of aromatic nitrogens is 2. The molecule has 3 rings (SSSR count). The second-order valence-electron chi connectivity index (χ2n) is 7.09. The predicted molar refractivity (Wildman–Crippen MR) is 98.8 cm³/mol. The van der Waals surface area contributed by atoms with Gasteiger partial charge in [-0.2, -0.15) is 0 Å². The summed E-state index contributed by atoms with van der Waals surface area (Å²) in [5.74, 6) is 0.579. The summed E-state index contributed by atoms with van der Waals surface area (Å²) in [7, 11) is 0. The molecule has 1 aromatic heterocycles. The first-order chi connectivity index (χ1) is 12.2. The maximum absolute atomic E-state index is 13.3. The molecule has 25 heavy (non-hydrogen) atoms. The highest BCUT2D eigenvalue weighted by atomic mass is 19.1. The van der Waals surface area contributed by atoms with Crippen LogP contribution < -0.4 is 0 Å². The van der Waals surface area contributed by atoms with Crippen molar-refractivity contribution in [2.45, 2.75) is 32.7 Å². The SMILES string of the molecule is CCN(Cc1cnc[nH]1)C[C@H]1CCCN(CCc2cccc(F)c2)C1. The lowest BCUT2D eigenvalue weighted by molar-refractivity contribution is 0.132. The van der Waals surface area contributed by atoms with Gasteiger partial charge in [0.25, 0.3) is 0 Å². The van der Waals surface area contributed by atoms with E-state index in [1.807, 2.05) is 12.3 Å². The van der Waals surface area contributed by atoms with Gasteiger partial charge in [0.2, 0.25) is 0 Å². The fourth-order valence-corrected chi connectivity index (χ4v) is 3.77. The number of rotatable bonds is 8. The van der Waals surface area contributed by atoms with E-state index in [0.29, 0.717) is 5.92 Å². The largest absolute Gasteiger partial charge is 0.347 e. The van der Waals surface area contributed by atoms with Crippen LogP contribution in [0.25, 0.3) is 0 Å². The number of benzene rings is 1. The van der Waals surface area contributed by atoms with Crippen LogP contribution in [0.5, 0.6) is 0 Å². The van der Waals surface area contributed by atoms with Gasteiger partial charge < -0.3 is 9.88 Å². The number of likely N-dealkylation sites (tertiary alicyclic amines) is 1. The van der Waals surface area contributed by atoms with Crippen molar-refractivity contribution in [3.05, 3.63) is 53.9 Å². The average Bonchev–Trinajstić information content (AvgIpc) is 3.13. The van der Waals surface area contributed by atoms with Crippen LogP contribution in [-0.4, -0.2) is 52.5 Å². The van der Waals surface area contributed by atoms with Gasteiger partial charge in [0.1, 0.15) is 5.82 Å². The molecule has 136 valence electrons. The van der Waals surface area contributed by atoms with E-state index < -0.39 is 0 Å². The normalized spacial score (nSPS) is 18.8. The number of aromatic amines is 1. The molecule has 0 amide bonds. The molecule has 0 saturated carbocycles. The Balaban J connectivity index is 1.46. The lowest BCUT2D eigenvalue weighted by atomic mass is 9.96. The molecule has 1 fully saturated rings. The molecule has 0 unspecified atom stereocenters. The maximum atomic E-state index is 13.3. The van der Waals surface area contributed by atoms with E-state index in [-0.39, 0.29) is 5.82 Å². The molecule has 1 aromatic carbocycles. The van der Waals surface area contributed by atoms with Crippen LogP contribution in [0.3, 0.4) is 0 Å². The molecule has 5 heteroatoms. The molecule has 2 aromatic rings. The molecule has 0 spiro atoms. The highest BCUT2D eigenvalue weighted by Gasteiger charge is 2.21. The molecule has 0 aliphatic carbocycles. The van der Waals surface area contributed by atoms with Crippen LogP contribution in [0, 0.1) is 11.7 Å². The first-order valence-electron chi connectivity index (χ1n) is 9.39. The number of nitrogens with one attached hydrogen (secondary N) is 1. The van der Waals surface area contributed by atoms with Crippen LogP contribution in [0.1, 0.15) is 31.0 Å². The van der Waals surface area contributed by atoms with E-state index in [2.05, 4.69) is 26.7 Å². The third kappa shape index (κ3) is 5.65. The van der Waals surface area contributed by atoms with Crippen molar-refractivity contribution in [1.29, 1.82) is 0 Å². The van der Waals surface area contributed by atoms with Gasteiger partial charge in [-0.05, 0) is 56.0 Å². The smallest absolute Gasteiger partial charge is 0.123 e. The van der Waals surface area contributed by atoms with Crippen molar-refractivity contribution >= 4 is 0 Å². The molecule has 1 saturated heterocycles. The summed E-state index contributed by atoms with van der Waals surface area (Å²) < 4.78 is 13.3. The Labute approximate surface area is 150 Å². The van der Waals surface area contributed by atoms with Gasteiger partial charge in [0.15, 0.2) is 0 Å². The topological polar surface area (TPSA) is 35.2 Å². The lowest BCUT2D eigenvalue weighted by Gasteiger charge is -2.35. The van der Waals surface area contributed by atoms with E-state index in [4.69, 9.17) is 0 Å². The fourth-order valence-electron chi connectivity index (χ4n) is 3.77. The lowest BCUT2D eigenvalue weighted by Crippen LogP contribution is -2.41. The first kappa shape index (κ1) is 18.1. The number of imidazole rings is 1. The van der Waals surface area contributed by atoms with Crippen molar-refractivity contribution in [2.24, 2.45) is 5.92 Å². The number of nitrogens with zero attached hydrogens (tertiary/aromatic N) is 3. The molecular formula is C20H29FN4. The molecule has 1 atom stereocenters. The molecule has 2 heterocycles. The van der Waals surface area contributed by atoms with E-state index in [0.717, 1.165) is 44.7 Å². The Kier molecular flexibility index (Phi) is 6.59. The van der Waals surface area contributed by atoms with E-state index in [1.54, 1.807) is 18.5 Å². The molecule has 0 bridgehead atoms. The van der Waals surface area contributed by atoms with Gasteiger partial charge in [-0.15, -0.1) is 0 Å². The van der Waals surface area contributed by atoms with Gasteiger partial charge in [-0.25, -0.2) is 9.37 Å². The monoisotopic (exact) mass is 344 g/mol. The highest BCUT2D eigenvalue weighted by Crippen LogP contribution is 2.19. The first-order valence-corrected chi connectivity index (χ1v) is 9.39. The van der Waals surface area contributed by atoms with Crippen molar-refractivity contribution in [2.75, 3.05) is 32.7 Å². The van der Waals surface area contributed by atoms with Gasteiger partial charge >= 0.3 is 0 Å². The molecule has 1 N–H and O–H groups in total. The van der Waals surface area contributed by atoms with E-state index >= 15 is 0 Å². The summed E-state index contributed by atoms with van der Waals surface area (Å²) in [4.78, 5) is 12.3. The Morgan fingerprint density at radius 1 is 1.40 bits per heavy atom. The number of hydrogen-bond donors (Lipinski definition) is 1. The van der Waals surface area contributed by atoms with Gasteiger partial charge in [-0.1, -0.05) is 19.1 Å². The van der Waals surface area contributed by atoms with E-state index in [9.17, 15) is 4.39 Å². The minimum atomic E-state index is -0.133. The van der Waals surface area contributed by atoms with Gasteiger partial charge in [-0.3, -0.25) is 4.90 Å². The standard InChI is InChI=1S/C20H29FN4/c1-2-24(15-20-12-22-16-23-20)13-18-6-4-9-25(14-18)10-8-17-5-3-7-19(21)11-17/h3,5,7,11-12,16,18H,2,4,6,8-10,13-15H2,1H3,(H,22,23)/t18-/m1/s1. The van der Waals surface area contributed by atoms with Crippen molar-refractivity contribution in [3.63, 3.8) is 0 Å². The number of H-pyrrole nitrogens is 1. The van der Waals surface area contributed by atoms with Crippen molar-refractivity contribution in [1.82, 2.24) is 19.8 Å². The van der Waals surface area contributed by atoms with E-state index in [1.165, 1.54) is 31.1 Å². The summed E-state index contributed by atoms with van der Waals surface area (Å²) in [6, 6.07) is 7.00. The zero-order chi connectivity index (χ0) is 17.5. The second-order valence-corrected chi connectivity index (χ2v) is 7.09. The van der Waals surface area contributed by atoms with Crippen molar-refractivity contribution < 1.29 is 4.39 Å². The molecule has 1 aliphatic heterocycles. The minimum absolute atomic E-state index is 0.133. The zero-order valence-corrected chi connectivity index (χ0v) is 15.1. The van der Waals surface area contributed by atoms with Crippen LogP contribution in [0.15, 0.2) is 36.8 Å². The summed E-state index contributed by atoms with van der Waals surface area (Å²) in [6.07, 6.45) is 7.15. The Bertz CT molecular complexity index is 628. The number of hydrogen-bond acceptors (Lipinski definition) is 3. The minimum Gasteiger partial charge on any atom is -0.347 e. The quantitative estimate of drug-likeness (QED) is 0.798. The Morgan fingerprint density at radius 2 is 2.32 bits per heavy atom. The van der Waals surface area contributed by atoms with Gasteiger partial charge in [0.05, 0.1) is 6.33 Å². The third-order valence-electron chi connectivity index (χ3n) is 5.12. The van der Waals surface area contributed by atoms with Crippen LogP contribution >= 0.6 is 0 Å². The van der Waals surface area contributed by atoms with Crippen LogP contribution in [0.4, 0.5) is 4.39 Å². The predicted octanol–water partition coefficient (Wildman–Crippen LogP) is 3.33. The summed E-state index contributed by atoms with van der Waals surface area (Å²) in [5, 5.41) is 0.